The molecule has 6 heteroatoms. The number of nitrogens with zero attached hydrogens (tertiary/aromatic N) is 2. The molecule has 0 spiro atoms. The van der Waals surface area contributed by atoms with Gasteiger partial charge >= 0.3 is 5.97 Å². The molecule has 0 atom stereocenters. The first-order valence-electron chi connectivity index (χ1n) is 9.47. The first kappa shape index (κ1) is 18.7. The number of carbonyl (C=O) groups excluding carboxylic acids is 2. The van der Waals surface area contributed by atoms with Crippen molar-refractivity contribution < 1.29 is 14.3 Å². The number of para-hydroxylation sites is 1. The molecule has 1 amide bonds. The smallest absolute Gasteiger partial charge is 0.337 e. The highest BCUT2D eigenvalue weighted by Gasteiger charge is 2.23. The number of fused-ring (bicyclic) bond motifs is 1. The summed E-state index contributed by atoms with van der Waals surface area (Å²) in [6.07, 6.45) is 3.52. The van der Waals surface area contributed by atoms with Crippen LogP contribution >= 0.6 is 0 Å². The van der Waals surface area contributed by atoms with Crippen LogP contribution in [0.2, 0.25) is 0 Å². The lowest BCUT2D eigenvalue weighted by Crippen LogP contribution is -2.35. The maximum Gasteiger partial charge on any atom is 0.337 e. The van der Waals surface area contributed by atoms with E-state index < -0.39 is 5.97 Å². The van der Waals surface area contributed by atoms with E-state index >= 15 is 0 Å². The summed E-state index contributed by atoms with van der Waals surface area (Å²) in [7, 11) is 1.35. The molecule has 2 heterocycles. The molecule has 29 heavy (non-hydrogen) atoms. The minimum absolute atomic E-state index is 0.0520. The quantitative estimate of drug-likeness (QED) is 0.679. The highest BCUT2D eigenvalue weighted by Crippen LogP contribution is 2.28. The van der Waals surface area contributed by atoms with Gasteiger partial charge in [-0.25, -0.2) is 9.78 Å². The number of amides is 1. The monoisotopic (exact) mass is 387 g/mol. The average molecular weight is 387 g/mol. The van der Waals surface area contributed by atoms with Gasteiger partial charge < -0.3 is 15.0 Å². The number of anilines is 3. The van der Waals surface area contributed by atoms with E-state index in [1.807, 2.05) is 29.2 Å². The first-order valence-corrected chi connectivity index (χ1v) is 9.47. The van der Waals surface area contributed by atoms with E-state index in [9.17, 15) is 9.59 Å². The van der Waals surface area contributed by atoms with Gasteiger partial charge in [-0.15, -0.1) is 0 Å². The van der Waals surface area contributed by atoms with Gasteiger partial charge in [-0.2, -0.15) is 0 Å². The van der Waals surface area contributed by atoms with E-state index in [4.69, 9.17) is 4.74 Å². The van der Waals surface area contributed by atoms with E-state index in [-0.39, 0.29) is 5.91 Å². The van der Waals surface area contributed by atoms with Crippen molar-refractivity contribution in [2.75, 3.05) is 23.9 Å². The fourth-order valence-corrected chi connectivity index (χ4v) is 3.48. The minimum Gasteiger partial charge on any atom is -0.465 e. The Morgan fingerprint density at radius 2 is 1.90 bits per heavy atom. The Bertz CT molecular complexity index is 1050. The van der Waals surface area contributed by atoms with Crippen molar-refractivity contribution in [3.63, 3.8) is 0 Å². The summed E-state index contributed by atoms with van der Waals surface area (Å²) in [5.41, 5.74) is 3.88. The normalized spacial score (nSPS) is 12.8. The molecule has 0 saturated heterocycles. The van der Waals surface area contributed by atoms with Crippen LogP contribution in [0.3, 0.4) is 0 Å². The number of esters is 1. The van der Waals surface area contributed by atoms with Gasteiger partial charge in [-0.3, -0.25) is 4.79 Å². The first-order chi connectivity index (χ1) is 14.2. The predicted molar refractivity (Wildman–Crippen MR) is 112 cm³/mol. The van der Waals surface area contributed by atoms with Gasteiger partial charge in [0.2, 0.25) is 0 Å². The lowest BCUT2D eigenvalue weighted by Gasteiger charge is -2.29. The van der Waals surface area contributed by atoms with Gasteiger partial charge in [0.1, 0.15) is 5.82 Å². The maximum atomic E-state index is 13.0. The second kappa shape index (κ2) is 8.14. The molecule has 146 valence electrons. The summed E-state index contributed by atoms with van der Waals surface area (Å²) in [6, 6.07) is 18.5. The van der Waals surface area contributed by atoms with E-state index in [2.05, 4.69) is 16.4 Å². The van der Waals surface area contributed by atoms with Crippen molar-refractivity contribution in [2.24, 2.45) is 0 Å². The molecule has 3 aromatic rings. The number of hydrogen-bond acceptors (Lipinski definition) is 5. The molecule has 0 saturated carbocycles. The Morgan fingerprint density at radius 3 is 2.69 bits per heavy atom. The van der Waals surface area contributed by atoms with Crippen molar-refractivity contribution in [3.05, 3.63) is 83.6 Å². The topological polar surface area (TPSA) is 71.5 Å². The Labute approximate surface area is 169 Å². The number of pyridine rings is 1. The number of benzene rings is 2. The van der Waals surface area contributed by atoms with Crippen LogP contribution in [-0.4, -0.2) is 30.5 Å². The fraction of sp³-hybridized carbons (Fsp3) is 0.174. The number of nitrogens with one attached hydrogen (secondary N) is 1. The van der Waals surface area contributed by atoms with Crippen molar-refractivity contribution in [2.45, 2.75) is 12.8 Å². The van der Waals surface area contributed by atoms with Crippen LogP contribution < -0.4 is 10.2 Å². The summed E-state index contributed by atoms with van der Waals surface area (Å²) in [5.74, 6) is 0.135. The zero-order chi connectivity index (χ0) is 20.2. The number of hydrogen-bond donors (Lipinski definition) is 1. The van der Waals surface area contributed by atoms with Crippen molar-refractivity contribution in [1.82, 2.24) is 4.98 Å². The van der Waals surface area contributed by atoms with Crippen LogP contribution in [0.1, 0.15) is 32.7 Å². The van der Waals surface area contributed by atoms with E-state index in [1.165, 1.54) is 12.7 Å². The highest BCUT2D eigenvalue weighted by molar-refractivity contribution is 6.06. The Morgan fingerprint density at radius 1 is 1.03 bits per heavy atom. The molecule has 0 unspecified atom stereocenters. The molecule has 1 N–H and O–H groups in total. The SMILES string of the molecule is COC(=O)c1cccc(Nc2ccc(C(=O)N3CCCc4ccccc43)cn2)c1. The molecule has 1 aliphatic heterocycles. The molecule has 2 aromatic carbocycles. The summed E-state index contributed by atoms with van der Waals surface area (Å²) < 4.78 is 4.74. The van der Waals surface area contributed by atoms with Crippen molar-refractivity contribution in [1.29, 1.82) is 0 Å². The Balaban J connectivity index is 1.50. The lowest BCUT2D eigenvalue weighted by molar-refractivity contribution is 0.0600. The third kappa shape index (κ3) is 3.96. The van der Waals surface area contributed by atoms with E-state index in [1.54, 1.807) is 36.5 Å². The van der Waals surface area contributed by atoms with Crippen molar-refractivity contribution >= 4 is 29.1 Å². The molecule has 6 nitrogen and oxygen atoms in total. The molecule has 4 rings (SSSR count). The summed E-state index contributed by atoms with van der Waals surface area (Å²) in [6.45, 7) is 0.705. The molecule has 0 fully saturated rings. The fourth-order valence-electron chi connectivity index (χ4n) is 3.48. The zero-order valence-corrected chi connectivity index (χ0v) is 16.1. The maximum absolute atomic E-state index is 13.0. The van der Waals surface area contributed by atoms with Crippen molar-refractivity contribution in [3.8, 4) is 0 Å². The van der Waals surface area contributed by atoms with E-state index in [0.717, 1.165) is 18.5 Å². The summed E-state index contributed by atoms with van der Waals surface area (Å²) in [5, 5.41) is 3.14. The van der Waals surface area contributed by atoms with Crippen LogP contribution in [0.25, 0.3) is 0 Å². The van der Waals surface area contributed by atoms with Crippen LogP contribution in [0.15, 0.2) is 66.9 Å². The molecular formula is C23H21N3O3. The standard InChI is InChI=1S/C23H21N3O3/c1-29-23(28)17-7-4-9-19(14-17)25-21-12-11-18(15-24-21)22(27)26-13-5-8-16-6-2-3-10-20(16)26/h2-4,6-7,9-12,14-15H,5,8,13H2,1H3,(H,24,25). The Kier molecular flexibility index (Phi) is 5.24. The molecule has 0 bridgehead atoms. The largest absolute Gasteiger partial charge is 0.465 e. The second-order valence-corrected chi connectivity index (χ2v) is 6.82. The lowest BCUT2D eigenvalue weighted by atomic mass is 10.0. The molecule has 0 radical (unpaired) electrons. The number of rotatable bonds is 4. The number of aromatic nitrogens is 1. The number of ether oxygens (including phenoxy) is 1. The Hall–Kier alpha value is -3.67. The zero-order valence-electron chi connectivity index (χ0n) is 16.1. The molecule has 0 aliphatic carbocycles. The molecular weight excluding hydrogens is 366 g/mol. The average Bonchev–Trinajstić information content (AvgIpc) is 2.78. The number of methoxy groups -OCH3 is 1. The van der Waals surface area contributed by atoms with Crippen LogP contribution in [0, 0.1) is 0 Å². The van der Waals surface area contributed by atoms with Gasteiger partial charge in [-0.1, -0.05) is 24.3 Å². The van der Waals surface area contributed by atoms with Gasteiger partial charge in [0.15, 0.2) is 0 Å². The highest BCUT2D eigenvalue weighted by atomic mass is 16.5. The van der Waals surface area contributed by atoms with Gasteiger partial charge in [-0.05, 0) is 54.8 Å². The minimum atomic E-state index is -0.399. The van der Waals surface area contributed by atoms with Gasteiger partial charge in [0, 0.05) is 24.1 Å². The predicted octanol–water partition coefficient (Wildman–Crippen LogP) is 4.20. The number of aryl methyl sites for hydroxylation is 1. The summed E-state index contributed by atoms with van der Waals surface area (Å²) in [4.78, 5) is 30.9. The van der Waals surface area contributed by atoms with Crippen LogP contribution in [-0.2, 0) is 11.2 Å². The van der Waals surface area contributed by atoms with Gasteiger partial charge in [0.05, 0.1) is 18.2 Å². The molecule has 1 aromatic heterocycles. The van der Waals surface area contributed by atoms with E-state index in [0.29, 0.717) is 29.2 Å². The third-order valence-electron chi connectivity index (χ3n) is 4.92. The summed E-state index contributed by atoms with van der Waals surface area (Å²) >= 11 is 0. The van der Waals surface area contributed by atoms with Gasteiger partial charge in [0.25, 0.3) is 5.91 Å². The van der Waals surface area contributed by atoms with Crippen LogP contribution in [0.4, 0.5) is 17.2 Å². The molecule has 1 aliphatic rings. The number of carbonyl (C=O) groups is 2. The third-order valence-corrected chi connectivity index (χ3v) is 4.92. The second-order valence-electron chi connectivity index (χ2n) is 6.82. The van der Waals surface area contributed by atoms with Crippen LogP contribution in [0.5, 0.6) is 0 Å².